The highest BCUT2D eigenvalue weighted by molar-refractivity contribution is 7.10. The Bertz CT molecular complexity index is 576. The molecule has 2 rings (SSSR count). The summed E-state index contributed by atoms with van der Waals surface area (Å²) in [6.07, 6.45) is 1.63. The molecule has 7 heteroatoms. The summed E-state index contributed by atoms with van der Waals surface area (Å²) in [7, 11) is 0. The van der Waals surface area contributed by atoms with Crippen molar-refractivity contribution >= 4 is 22.5 Å². The monoisotopic (exact) mass is 267 g/mol. The van der Waals surface area contributed by atoms with Gasteiger partial charge in [0.25, 0.3) is 0 Å². The minimum absolute atomic E-state index is 0.204. The third-order valence-corrected chi connectivity index (χ3v) is 3.30. The Morgan fingerprint density at radius 1 is 1.56 bits per heavy atom. The van der Waals surface area contributed by atoms with Gasteiger partial charge in [0.05, 0.1) is 11.9 Å². The fourth-order valence-electron chi connectivity index (χ4n) is 1.55. The van der Waals surface area contributed by atoms with Crippen molar-refractivity contribution in [2.75, 3.05) is 5.32 Å². The van der Waals surface area contributed by atoms with Crippen molar-refractivity contribution in [2.24, 2.45) is 0 Å². The number of aromatic nitrogens is 2. The molecule has 0 bridgehead atoms. The summed E-state index contributed by atoms with van der Waals surface area (Å²) in [6, 6.07) is -0.211. The molecule has 2 heterocycles. The number of aromatic carboxylic acids is 1. The van der Waals surface area contributed by atoms with E-state index >= 15 is 0 Å². The zero-order valence-corrected chi connectivity index (χ0v) is 11.0. The van der Waals surface area contributed by atoms with Gasteiger partial charge in [-0.25, -0.2) is 9.78 Å². The first-order valence-electron chi connectivity index (χ1n) is 5.37. The van der Waals surface area contributed by atoms with Crippen molar-refractivity contribution in [2.45, 2.75) is 26.8 Å². The summed E-state index contributed by atoms with van der Waals surface area (Å²) in [5.41, 5.74) is 0.709. The first kappa shape index (κ1) is 12.6. The highest BCUT2D eigenvalue weighted by Gasteiger charge is 2.20. The fourth-order valence-corrected chi connectivity index (χ4v) is 2.43. The number of hydrogen-bond donors (Lipinski definition) is 2. The van der Waals surface area contributed by atoms with Crippen LogP contribution in [0.1, 0.15) is 40.7 Å². The van der Waals surface area contributed by atoms with Crippen LogP contribution in [0.5, 0.6) is 0 Å². The van der Waals surface area contributed by atoms with Crippen molar-refractivity contribution < 1.29 is 14.3 Å². The Hall–Kier alpha value is -1.89. The number of anilines is 1. The zero-order valence-electron chi connectivity index (χ0n) is 10.2. The molecular weight excluding hydrogens is 254 g/mol. The quantitative estimate of drug-likeness (QED) is 0.885. The van der Waals surface area contributed by atoms with Gasteiger partial charge in [0.1, 0.15) is 22.4 Å². The van der Waals surface area contributed by atoms with Crippen LogP contribution in [-0.2, 0) is 0 Å². The van der Waals surface area contributed by atoms with E-state index in [0.717, 1.165) is 17.3 Å². The molecule has 1 atom stereocenters. The van der Waals surface area contributed by atoms with E-state index < -0.39 is 5.97 Å². The van der Waals surface area contributed by atoms with Crippen LogP contribution in [0.2, 0.25) is 0 Å². The molecule has 0 saturated heterocycles. The Morgan fingerprint density at radius 3 is 2.83 bits per heavy atom. The molecule has 6 nitrogen and oxygen atoms in total. The predicted octanol–water partition coefficient (Wildman–Crippen LogP) is 2.62. The van der Waals surface area contributed by atoms with Gasteiger partial charge in [-0.15, -0.1) is 0 Å². The van der Waals surface area contributed by atoms with E-state index in [9.17, 15) is 4.79 Å². The lowest BCUT2D eigenvalue weighted by Crippen LogP contribution is -2.09. The standard InChI is InChI=1S/C11H13N3O3S/c1-5-4-12-9(17-5)7(3)13-10-8(11(15)16)6(2)14-18-10/h4,7,13H,1-3H3,(H,15,16). The molecule has 0 fully saturated rings. The van der Waals surface area contributed by atoms with Gasteiger partial charge in [0, 0.05) is 0 Å². The summed E-state index contributed by atoms with van der Waals surface area (Å²) in [5, 5.41) is 12.7. The summed E-state index contributed by atoms with van der Waals surface area (Å²) in [6.45, 7) is 5.33. The van der Waals surface area contributed by atoms with Crippen LogP contribution in [0.25, 0.3) is 0 Å². The Kier molecular flexibility index (Phi) is 3.33. The highest BCUT2D eigenvalue weighted by Crippen LogP contribution is 2.28. The van der Waals surface area contributed by atoms with E-state index in [1.54, 1.807) is 13.1 Å². The van der Waals surface area contributed by atoms with Gasteiger partial charge in [-0.3, -0.25) is 0 Å². The van der Waals surface area contributed by atoms with Gasteiger partial charge in [-0.2, -0.15) is 4.37 Å². The van der Waals surface area contributed by atoms with E-state index in [1.807, 2.05) is 13.8 Å². The predicted molar refractivity (Wildman–Crippen MR) is 67.1 cm³/mol. The largest absolute Gasteiger partial charge is 0.478 e. The van der Waals surface area contributed by atoms with Crippen molar-refractivity contribution in [3.63, 3.8) is 0 Å². The minimum Gasteiger partial charge on any atom is -0.478 e. The number of carboxylic acid groups (broad SMARTS) is 1. The Balaban J connectivity index is 2.22. The van der Waals surface area contributed by atoms with Crippen molar-refractivity contribution in [1.29, 1.82) is 0 Å². The Morgan fingerprint density at radius 2 is 2.28 bits per heavy atom. The van der Waals surface area contributed by atoms with Crippen LogP contribution in [0.15, 0.2) is 10.6 Å². The molecule has 0 spiro atoms. The van der Waals surface area contributed by atoms with E-state index in [-0.39, 0.29) is 11.6 Å². The third-order valence-electron chi connectivity index (χ3n) is 2.43. The second kappa shape index (κ2) is 4.77. The minimum atomic E-state index is -0.987. The zero-order chi connectivity index (χ0) is 13.3. The molecule has 0 radical (unpaired) electrons. The average molecular weight is 267 g/mol. The number of aryl methyl sites for hydroxylation is 2. The van der Waals surface area contributed by atoms with Crippen LogP contribution in [-0.4, -0.2) is 20.4 Å². The summed E-state index contributed by atoms with van der Waals surface area (Å²) in [4.78, 5) is 15.2. The summed E-state index contributed by atoms with van der Waals surface area (Å²) < 4.78 is 9.42. The second-order valence-corrected chi connectivity index (χ2v) is 4.73. The second-order valence-electron chi connectivity index (χ2n) is 3.95. The maximum atomic E-state index is 11.1. The molecule has 0 aliphatic heterocycles. The van der Waals surface area contributed by atoms with Gasteiger partial charge in [-0.05, 0) is 32.3 Å². The number of oxazole rings is 1. The van der Waals surface area contributed by atoms with Crippen LogP contribution < -0.4 is 5.32 Å². The number of rotatable bonds is 4. The molecule has 18 heavy (non-hydrogen) atoms. The molecular formula is C11H13N3O3S. The molecule has 0 aromatic carbocycles. The topological polar surface area (TPSA) is 88.2 Å². The maximum Gasteiger partial charge on any atom is 0.340 e. The fraction of sp³-hybridized carbons (Fsp3) is 0.364. The maximum absolute atomic E-state index is 11.1. The van der Waals surface area contributed by atoms with Crippen molar-refractivity contribution in [3.05, 3.63) is 29.1 Å². The van der Waals surface area contributed by atoms with Crippen LogP contribution in [0, 0.1) is 13.8 Å². The van der Waals surface area contributed by atoms with E-state index in [0.29, 0.717) is 16.6 Å². The molecule has 96 valence electrons. The van der Waals surface area contributed by atoms with Gasteiger partial charge in [0.2, 0.25) is 5.89 Å². The van der Waals surface area contributed by atoms with Crippen LogP contribution in [0.3, 0.4) is 0 Å². The van der Waals surface area contributed by atoms with Crippen LogP contribution in [0.4, 0.5) is 5.00 Å². The lowest BCUT2D eigenvalue weighted by Gasteiger charge is -2.10. The normalized spacial score (nSPS) is 12.4. The average Bonchev–Trinajstić information content (AvgIpc) is 2.85. The summed E-state index contributed by atoms with van der Waals surface area (Å²) >= 11 is 1.12. The molecule has 0 aliphatic carbocycles. The van der Waals surface area contributed by atoms with E-state index in [1.165, 1.54) is 0 Å². The lowest BCUT2D eigenvalue weighted by molar-refractivity contribution is 0.0697. The lowest BCUT2D eigenvalue weighted by atomic mass is 10.2. The van der Waals surface area contributed by atoms with Gasteiger partial charge < -0.3 is 14.8 Å². The molecule has 1 unspecified atom stereocenters. The third kappa shape index (κ3) is 2.35. The summed E-state index contributed by atoms with van der Waals surface area (Å²) in [5.74, 6) is 0.256. The number of hydrogen-bond acceptors (Lipinski definition) is 6. The number of carbonyl (C=O) groups is 1. The Labute approximate surface area is 108 Å². The molecule has 0 aliphatic rings. The molecule has 2 N–H and O–H groups in total. The van der Waals surface area contributed by atoms with Gasteiger partial charge in [0.15, 0.2) is 0 Å². The number of nitrogens with zero attached hydrogens (tertiary/aromatic N) is 2. The molecule has 2 aromatic heterocycles. The molecule has 0 saturated carbocycles. The molecule has 0 amide bonds. The first-order valence-corrected chi connectivity index (χ1v) is 6.14. The van der Waals surface area contributed by atoms with Crippen molar-refractivity contribution in [3.8, 4) is 0 Å². The van der Waals surface area contributed by atoms with Gasteiger partial charge in [-0.1, -0.05) is 0 Å². The number of nitrogens with one attached hydrogen (secondary N) is 1. The van der Waals surface area contributed by atoms with Crippen LogP contribution >= 0.6 is 11.5 Å². The van der Waals surface area contributed by atoms with Crippen molar-refractivity contribution in [1.82, 2.24) is 9.36 Å². The van der Waals surface area contributed by atoms with E-state index in [4.69, 9.17) is 9.52 Å². The SMILES string of the molecule is Cc1cnc(C(C)Nc2snc(C)c2C(=O)O)o1. The molecule has 2 aromatic rings. The number of carboxylic acids is 1. The van der Waals surface area contributed by atoms with E-state index in [2.05, 4.69) is 14.7 Å². The smallest absolute Gasteiger partial charge is 0.340 e. The van der Waals surface area contributed by atoms with Gasteiger partial charge >= 0.3 is 5.97 Å². The first-order chi connectivity index (χ1) is 8.49. The highest BCUT2D eigenvalue weighted by atomic mass is 32.1.